The molecule has 3 aliphatic rings. The van der Waals surface area contributed by atoms with Crippen LogP contribution in [0.15, 0.2) is 0 Å². The van der Waals surface area contributed by atoms with Gasteiger partial charge in [0, 0.05) is 18.9 Å². The minimum Gasteiger partial charge on any atom is -0.480 e. The highest BCUT2D eigenvalue weighted by Crippen LogP contribution is 2.43. The van der Waals surface area contributed by atoms with Gasteiger partial charge in [0.15, 0.2) is 0 Å². The summed E-state index contributed by atoms with van der Waals surface area (Å²) in [6, 6.07) is -0.837. The molecule has 1 aliphatic heterocycles. The minimum absolute atomic E-state index is 0.0310. The van der Waals surface area contributed by atoms with Gasteiger partial charge in [0.25, 0.3) is 0 Å². The van der Waals surface area contributed by atoms with Gasteiger partial charge in [0.1, 0.15) is 6.04 Å². The van der Waals surface area contributed by atoms with Crippen molar-refractivity contribution in [2.24, 2.45) is 17.8 Å². The van der Waals surface area contributed by atoms with Gasteiger partial charge in [-0.15, -0.1) is 0 Å². The summed E-state index contributed by atoms with van der Waals surface area (Å²) in [4.78, 5) is 25.4. The number of amides is 1. The third-order valence-electron chi connectivity index (χ3n) is 5.74. The molecule has 0 radical (unpaired) electrons. The van der Waals surface area contributed by atoms with Crippen LogP contribution in [-0.4, -0.2) is 45.7 Å². The van der Waals surface area contributed by atoms with Crippen molar-refractivity contribution in [2.45, 2.75) is 63.5 Å². The van der Waals surface area contributed by atoms with Crippen molar-refractivity contribution >= 4 is 11.9 Å². The highest BCUT2D eigenvalue weighted by molar-refractivity contribution is 5.86. The van der Waals surface area contributed by atoms with Crippen LogP contribution >= 0.6 is 0 Å². The summed E-state index contributed by atoms with van der Waals surface area (Å²) < 4.78 is 0. The lowest BCUT2D eigenvalue weighted by atomic mass is 9.67. The fraction of sp³-hybridized carbons (Fsp3) is 0.875. The van der Waals surface area contributed by atoms with Crippen LogP contribution in [0.1, 0.15) is 51.4 Å². The summed E-state index contributed by atoms with van der Waals surface area (Å²) in [7, 11) is 0. The number of aliphatic hydroxyl groups is 1. The molecular formula is C16H25NO4. The summed E-state index contributed by atoms with van der Waals surface area (Å²) in [6.07, 6.45) is 7.49. The molecule has 3 unspecified atom stereocenters. The highest BCUT2D eigenvalue weighted by atomic mass is 16.4. The first-order chi connectivity index (χ1) is 10.1. The second-order valence-corrected chi connectivity index (χ2v) is 7.05. The molecule has 0 aromatic carbocycles. The number of nitrogens with zero attached hydrogens (tertiary/aromatic N) is 1. The van der Waals surface area contributed by atoms with Crippen LogP contribution in [0, 0.1) is 17.8 Å². The molecule has 118 valence electrons. The molecule has 0 bridgehead atoms. The number of carboxylic acids is 1. The molecule has 1 heterocycles. The van der Waals surface area contributed by atoms with E-state index in [9.17, 15) is 19.8 Å². The van der Waals surface area contributed by atoms with Crippen LogP contribution in [0.4, 0.5) is 0 Å². The van der Waals surface area contributed by atoms with Gasteiger partial charge in [-0.1, -0.05) is 25.7 Å². The molecular weight excluding hydrogens is 270 g/mol. The van der Waals surface area contributed by atoms with E-state index in [1.165, 1.54) is 30.6 Å². The summed E-state index contributed by atoms with van der Waals surface area (Å²) in [5, 5.41) is 18.9. The van der Waals surface area contributed by atoms with Crippen LogP contribution in [0.5, 0.6) is 0 Å². The molecule has 2 N–H and O–H groups in total. The maximum Gasteiger partial charge on any atom is 0.326 e. The zero-order valence-electron chi connectivity index (χ0n) is 12.4. The molecule has 5 nitrogen and oxygen atoms in total. The van der Waals surface area contributed by atoms with Crippen molar-refractivity contribution in [1.82, 2.24) is 4.90 Å². The van der Waals surface area contributed by atoms with Crippen LogP contribution < -0.4 is 0 Å². The van der Waals surface area contributed by atoms with Crippen molar-refractivity contribution < 1.29 is 19.8 Å². The largest absolute Gasteiger partial charge is 0.480 e. The van der Waals surface area contributed by atoms with Crippen LogP contribution in [-0.2, 0) is 9.59 Å². The van der Waals surface area contributed by atoms with E-state index in [1.807, 2.05) is 0 Å². The average molecular weight is 295 g/mol. The van der Waals surface area contributed by atoms with E-state index in [-0.39, 0.29) is 24.8 Å². The first kappa shape index (κ1) is 14.8. The van der Waals surface area contributed by atoms with Gasteiger partial charge >= 0.3 is 5.97 Å². The first-order valence-electron chi connectivity index (χ1n) is 8.27. The number of carboxylic acid groups (broad SMARTS) is 1. The SMILES string of the molecule is O=C(O)[C@H]1C[C@@H](O)CN1C(=O)C1CCC2CCCCC2C1. The Morgan fingerprint density at radius 1 is 0.952 bits per heavy atom. The lowest BCUT2D eigenvalue weighted by molar-refractivity contribution is -0.151. The Labute approximate surface area is 125 Å². The normalized spacial score (nSPS) is 39.9. The predicted molar refractivity (Wildman–Crippen MR) is 76.5 cm³/mol. The van der Waals surface area contributed by atoms with Crippen molar-refractivity contribution in [3.05, 3.63) is 0 Å². The van der Waals surface area contributed by atoms with E-state index < -0.39 is 18.1 Å². The molecule has 2 aliphatic carbocycles. The van der Waals surface area contributed by atoms with Crippen molar-refractivity contribution in [3.63, 3.8) is 0 Å². The molecule has 0 aromatic rings. The number of hydrogen-bond donors (Lipinski definition) is 2. The third kappa shape index (κ3) is 2.93. The second kappa shape index (κ2) is 5.95. The van der Waals surface area contributed by atoms with E-state index in [0.29, 0.717) is 5.92 Å². The fourth-order valence-corrected chi connectivity index (χ4v) is 4.62. The number of β-amino-alcohol motifs (C(OH)–C–C–N with tert-alkyl or cyclic N) is 1. The third-order valence-corrected chi connectivity index (χ3v) is 5.74. The molecule has 3 rings (SSSR count). The second-order valence-electron chi connectivity index (χ2n) is 7.05. The Bertz CT molecular complexity index is 425. The predicted octanol–water partition coefficient (Wildman–Crippen LogP) is 1.64. The minimum atomic E-state index is -0.994. The van der Waals surface area contributed by atoms with Gasteiger partial charge in [-0.2, -0.15) is 0 Å². The zero-order valence-corrected chi connectivity index (χ0v) is 12.4. The van der Waals surface area contributed by atoms with E-state index >= 15 is 0 Å². The number of rotatable bonds is 2. The quantitative estimate of drug-likeness (QED) is 0.812. The van der Waals surface area contributed by atoms with Gasteiger partial charge in [-0.3, -0.25) is 4.79 Å². The molecule has 0 aromatic heterocycles. The average Bonchev–Trinajstić information content (AvgIpc) is 2.88. The Kier molecular flexibility index (Phi) is 4.20. The number of carbonyl (C=O) groups excluding carboxylic acids is 1. The molecule has 5 atom stereocenters. The molecule has 2 saturated carbocycles. The molecule has 1 amide bonds. The van der Waals surface area contributed by atoms with Crippen molar-refractivity contribution in [1.29, 1.82) is 0 Å². The number of hydrogen-bond acceptors (Lipinski definition) is 3. The molecule has 0 spiro atoms. The van der Waals surface area contributed by atoms with Crippen molar-refractivity contribution in [2.75, 3.05) is 6.54 Å². The topological polar surface area (TPSA) is 77.8 Å². The van der Waals surface area contributed by atoms with Gasteiger partial charge < -0.3 is 15.1 Å². The van der Waals surface area contributed by atoms with Gasteiger partial charge in [-0.05, 0) is 31.1 Å². The Balaban J connectivity index is 1.66. The van der Waals surface area contributed by atoms with Crippen LogP contribution in [0.25, 0.3) is 0 Å². The molecule has 3 fully saturated rings. The lowest BCUT2D eigenvalue weighted by Crippen LogP contribution is -2.45. The lowest BCUT2D eigenvalue weighted by Gasteiger charge is -2.40. The van der Waals surface area contributed by atoms with Gasteiger partial charge in [-0.25, -0.2) is 4.79 Å². The number of fused-ring (bicyclic) bond motifs is 1. The summed E-state index contributed by atoms with van der Waals surface area (Å²) in [5.41, 5.74) is 0. The van der Waals surface area contributed by atoms with E-state index in [2.05, 4.69) is 0 Å². The summed E-state index contributed by atoms with van der Waals surface area (Å²) in [6.45, 7) is 0.181. The fourth-order valence-electron chi connectivity index (χ4n) is 4.62. The zero-order chi connectivity index (χ0) is 15.0. The van der Waals surface area contributed by atoms with Crippen LogP contribution in [0.3, 0.4) is 0 Å². The van der Waals surface area contributed by atoms with Gasteiger partial charge in [0.2, 0.25) is 5.91 Å². The maximum absolute atomic E-state index is 12.7. The number of aliphatic hydroxyl groups excluding tert-OH is 1. The molecule has 1 saturated heterocycles. The Morgan fingerprint density at radius 3 is 2.38 bits per heavy atom. The molecule has 21 heavy (non-hydrogen) atoms. The summed E-state index contributed by atoms with van der Waals surface area (Å²) in [5.74, 6) is 0.366. The standard InChI is InChI=1S/C16H25NO4/c18-13-8-14(16(20)21)17(9-13)15(19)12-6-5-10-3-1-2-4-11(10)7-12/h10-14,18H,1-9H2,(H,20,21)/t10?,11?,12?,13-,14-/m1/s1. The van der Waals surface area contributed by atoms with E-state index in [1.54, 1.807) is 0 Å². The van der Waals surface area contributed by atoms with E-state index in [4.69, 9.17) is 0 Å². The maximum atomic E-state index is 12.7. The Hall–Kier alpha value is -1.10. The summed E-state index contributed by atoms with van der Waals surface area (Å²) >= 11 is 0. The molecule has 5 heteroatoms. The van der Waals surface area contributed by atoms with Gasteiger partial charge in [0.05, 0.1) is 6.10 Å². The smallest absolute Gasteiger partial charge is 0.326 e. The number of aliphatic carboxylic acids is 1. The van der Waals surface area contributed by atoms with E-state index in [0.717, 1.165) is 25.2 Å². The highest BCUT2D eigenvalue weighted by Gasteiger charge is 2.43. The van der Waals surface area contributed by atoms with Crippen LogP contribution in [0.2, 0.25) is 0 Å². The number of carbonyl (C=O) groups is 2. The number of likely N-dealkylation sites (tertiary alicyclic amines) is 1. The monoisotopic (exact) mass is 295 g/mol. The Morgan fingerprint density at radius 2 is 1.67 bits per heavy atom. The first-order valence-corrected chi connectivity index (χ1v) is 8.27. The van der Waals surface area contributed by atoms with Crippen molar-refractivity contribution in [3.8, 4) is 0 Å².